The number of rotatable bonds is 2. The third-order valence-corrected chi connectivity index (χ3v) is 5.52. The van der Waals surface area contributed by atoms with Crippen LogP contribution in [0.4, 0.5) is 8.78 Å². The zero-order valence-corrected chi connectivity index (χ0v) is 12.4. The highest BCUT2D eigenvalue weighted by molar-refractivity contribution is 8.13. The van der Waals surface area contributed by atoms with Gasteiger partial charge in [0.15, 0.2) is 0 Å². The molecule has 0 spiro atoms. The molecule has 2 aliphatic rings. The predicted octanol–water partition coefficient (Wildman–Crippen LogP) is 2.52. The number of carbonyl (C=O) groups is 1. The molecule has 1 aliphatic heterocycles. The lowest BCUT2D eigenvalue weighted by atomic mass is 10.1. The van der Waals surface area contributed by atoms with E-state index < -0.39 is 37.1 Å². The van der Waals surface area contributed by atoms with Gasteiger partial charge in [-0.25, -0.2) is 17.2 Å². The topological polar surface area (TPSA) is 54.5 Å². The summed E-state index contributed by atoms with van der Waals surface area (Å²) in [7, 11) is 0.720. The molecule has 21 heavy (non-hydrogen) atoms. The van der Waals surface area contributed by atoms with Crippen LogP contribution in [0.5, 0.6) is 0 Å². The maximum atomic E-state index is 13.8. The fraction of sp³-hybridized carbons (Fsp3) is 0.462. The van der Waals surface area contributed by atoms with Gasteiger partial charge in [0.25, 0.3) is 15.0 Å². The molecule has 0 radical (unpaired) electrons. The quantitative estimate of drug-likeness (QED) is 0.780. The van der Waals surface area contributed by atoms with Crippen molar-refractivity contribution in [3.8, 4) is 0 Å². The molecule has 1 aromatic carbocycles. The largest absolute Gasteiger partial charge is 0.335 e. The van der Waals surface area contributed by atoms with Crippen molar-refractivity contribution in [1.82, 2.24) is 4.90 Å². The van der Waals surface area contributed by atoms with Crippen molar-refractivity contribution >= 4 is 25.6 Å². The summed E-state index contributed by atoms with van der Waals surface area (Å²) in [6, 6.07) is 1.13. The maximum Gasteiger partial charge on any atom is 0.264 e. The van der Waals surface area contributed by atoms with Crippen molar-refractivity contribution in [2.75, 3.05) is 6.54 Å². The van der Waals surface area contributed by atoms with E-state index in [1.807, 2.05) is 0 Å². The third-order valence-electron chi connectivity index (χ3n) is 4.18. The van der Waals surface area contributed by atoms with Crippen molar-refractivity contribution in [1.29, 1.82) is 0 Å². The fourth-order valence-electron chi connectivity index (χ4n) is 3.21. The molecule has 8 heteroatoms. The van der Waals surface area contributed by atoms with Gasteiger partial charge in [0.05, 0.1) is 5.56 Å². The molecule has 2 unspecified atom stereocenters. The Hall–Kier alpha value is -1.21. The number of halogens is 3. The Morgan fingerprint density at radius 2 is 1.95 bits per heavy atom. The second-order valence-electron chi connectivity index (χ2n) is 5.49. The molecule has 1 amide bonds. The highest BCUT2D eigenvalue weighted by Gasteiger charge is 2.41. The van der Waals surface area contributed by atoms with Gasteiger partial charge in [-0.3, -0.25) is 4.79 Å². The van der Waals surface area contributed by atoms with E-state index in [1.54, 1.807) is 0 Å². The number of carbonyl (C=O) groups excluding carboxylic acids is 1. The predicted molar refractivity (Wildman–Crippen MR) is 71.6 cm³/mol. The summed E-state index contributed by atoms with van der Waals surface area (Å²) in [6.07, 6.45) is 2.79. The van der Waals surface area contributed by atoms with Gasteiger partial charge < -0.3 is 4.90 Å². The second kappa shape index (κ2) is 4.91. The lowest BCUT2D eigenvalue weighted by molar-refractivity contribution is 0.0698. The first-order valence-corrected chi connectivity index (χ1v) is 8.83. The van der Waals surface area contributed by atoms with E-state index in [2.05, 4.69) is 0 Å². The molecule has 2 bridgehead atoms. The van der Waals surface area contributed by atoms with E-state index in [0.717, 1.165) is 19.3 Å². The van der Waals surface area contributed by atoms with Crippen LogP contribution >= 0.6 is 10.7 Å². The normalized spacial score (nSPS) is 24.6. The van der Waals surface area contributed by atoms with Crippen molar-refractivity contribution in [3.63, 3.8) is 0 Å². The average Bonchev–Trinajstić information content (AvgIpc) is 2.98. The Labute approximate surface area is 125 Å². The molecule has 114 valence electrons. The second-order valence-corrected chi connectivity index (χ2v) is 8.03. The Kier molecular flexibility index (Phi) is 3.44. The van der Waals surface area contributed by atoms with E-state index in [0.29, 0.717) is 24.6 Å². The first-order chi connectivity index (χ1) is 9.77. The molecule has 1 aromatic rings. The van der Waals surface area contributed by atoms with E-state index in [-0.39, 0.29) is 6.04 Å². The Balaban J connectivity index is 2.00. The fourth-order valence-corrected chi connectivity index (χ4v) is 4.11. The zero-order chi connectivity index (χ0) is 15.4. The summed E-state index contributed by atoms with van der Waals surface area (Å²) >= 11 is 0. The highest BCUT2D eigenvalue weighted by atomic mass is 35.7. The van der Waals surface area contributed by atoms with Gasteiger partial charge in [0.1, 0.15) is 16.5 Å². The van der Waals surface area contributed by atoms with Gasteiger partial charge in [-0.2, -0.15) is 0 Å². The van der Waals surface area contributed by atoms with Crippen LogP contribution in [0.2, 0.25) is 0 Å². The molecule has 1 heterocycles. The van der Waals surface area contributed by atoms with Crippen LogP contribution in [0.1, 0.15) is 29.6 Å². The summed E-state index contributed by atoms with van der Waals surface area (Å²) < 4.78 is 49.9. The van der Waals surface area contributed by atoms with Crippen LogP contribution in [0.25, 0.3) is 0 Å². The zero-order valence-electron chi connectivity index (χ0n) is 10.9. The van der Waals surface area contributed by atoms with Crippen LogP contribution in [0.3, 0.4) is 0 Å². The Morgan fingerprint density at radius 3 is 2.48 bits per heavy atom. The number of piperidine rings is 1. The van der Waals surface area contributed by atoms with E-state index in [1.165, 1.54) is 4.90 Å². The number of hydrogen-bond acceptors (Lipinski definition) is 3. The number of likely N-dealkylation sites (tertiary alicyclic amines) is 1. The van der Waals surface area contributed by atoms with E-state index in [9.17, 15) is 22.0 Å². The van der Waals surface area contributed by atoms with Gasteiger partial charge >= 0.3 is 0 Å². The average molecular weight is 336 g/mol. The van der Waals surface area contributed by atoms with Crippen molar-refractivity contribution in [2.24, 2.45) is 5.92 Å². The van der Waals surface area contributed by atoms with Gasteiger partial charge in [-0.15, -0.1) is 0 Å². The summed E-state index contributed by atoms with van der Waals surface area (Å²) in [5.41, 5.74) is -0.455. The number of nitrogens with zero attached hydrogens (tertiary/aromatic N) is 1. The molecule has 4 nitrogen and oxygen atoms in total. The maximum absolute atomic E-state index is 13.8. The lowest BCUT2D eigenvalue weighted by Crippen LogP contribution is -2.38. The number of hydrogen-bond donors (Lipinski definition) is 0. The third kappa shape index (κ3) is 2.53. The molecule has 3 rings (SSSR count). The molecule has 1 saturated heterocycles. The summed E-state index contributed by atoms with van der Waals surface area (Å²) in [5, 5.41) is 0. The SMILES string of the molecule is O=C(c1cc(S(=O)(=O)Cl)c(F)cc1F)N1CC2CCC1C2. The van der Waals surface area contributed by atoms with Gasteiger partial charge in [0.2, 0.25) is 0 Å². The van der Waals surface area contributed by atoms with E-state index >= 15 is 0 Å². The Morgan fingerprint density at radius 1 is 1.24 bits per heavy atom. The molecule has 0 N–H and O–H groups in total. The molecule has 0 aromatic heterocycles. The van der Waals surface area contributed by atoms with Crippen LogP contribution in [-0.2, 0) is 9.05 Å². The molecule has 1 aliphatic carbocycles. The van der Waals surface area contributed by atoms with Crippen molar-refractivity contribution < 1.29 is 22.0 Å². The number of amides is 1. The van der Waals surface area contributed by atoms with Crippen molar-refractivity contribution in [2.45, 2.75) is 30.2 Å². The van der Waals surface area contributed by atoms with Crippen LogP contribution in [0, 0.1) is 17.6 Å². The van der Waals surface area contributed by atoms with Gasteiger partial charge in [-0.05, 0) is 31.2 Å². The first kappa shape index (κ1) is 14.7. The minimum Gasteiger partial charge on any atom is -0.335 e. The van der Waals surface area contributed by atoms with Crippen molar-refractivity contribution in [3.05, 3.63) is 29.3 Å². The van der Waals surface area contributed by atoms with E-state index in [4.69, 9.17) is 10.7 Å². The summed E-state index contributed by atoms with van der Waals surface area (Å²) in [5.74, 6) is -2.58. The van der Waals surface area contributed by atoms with Crippen LogP contribution in [-0.4, -0.2) is 31.8 Å². The highest BCUT2D eigenvalue weighted by Crippen LogP contribution is 2.38. The monoisotopic (exact) mass is 335 g/mol. The standard InChI is InChI=1S/C13H12ClF2NO3S/c14-21(19,20)12-4-9(10(15)5-11(12)16)13(18)17-6-7-1-2-8(17)3-7/h4-5,7-8H,1-3,6H2. The minimum atomic E-state index is -4.38. The number of fused-ring (bicyclic) bond motifs is 2. The summed E-state index contributed by atoms with van der Waals surface area (Å²) in [6.45, 7) is 0.531. The van der Waals surface area contributed by atoms with Gasteiger partial charge in [-0.1, -0.05) is 0 Å². The van der Waals surface area contributed by atoms with Gasteiger partial charge in [0, 0.05) is 29.3 Å². The molecule has 1 saturated carbocycles. The number of benzene rings is 1. The molecule has 2 atom stereocenters. The first-order valence-electron chi connectivity index (χ1n) is 6.52. The minimum absolute atomic E-state index is 0.0583. The lowest BCUT2D eigenvalue weighted by Gasteiger charge is -2.27. The van der Waals surface area contributed by atoms with Crippen LogP contribution in [0.15, 0.2) is 17.0 Å². The molecular formula is C13H12ClF2NO3S. The molecular weight excluding hydrogens is 324 g/mol. The molecule has 2 fully saturated rings. The summed E-state index contributed by atoms with van der Waals surface area (Å²) in [4.78, 5) is 13.0. The smallest absolute Gasteiger partial charge is 0.264 e. The Bertz CT molecular complexity index is 722. The van der Waals surface area contributed by atoms with Crippen LogP contribution < -0.4 is 0 Å².